The van der Waals surface area contributed by atoms with Gasteiger partial charge in [-0.3, -0.25) is 0 Å². The van der Waals surface area contributed by atoms with Gasteiger partial charge >= 0.3 is 0 Å². The van der Waals surface area contributed by atoms with Gasteiger partial charge in [-0.05, 0) is 31.9 Å². The van der Waals surface area contributed by atoms with Crippen molar-refractivity contribution in [3.8, 4) is 5.75 Å². The molecule has 0 saturated carbocycles. The molecule has 0 aliphatic carbocycles. The van der Waals surface area contributed by atoms with Gasteiger partial charge in [-0.15, -0.1) is 0 Å². The monoisotopic (exact) mass is 176 g/mol. The molecule has 0 heterocycles. The minimum Gasteiger partial charge on any atom is -0.507 e. The molecular formula is C12H16O. The Bertz CT molecular complexity index is 324. The van der Waals surface area contributed by atoms with E-state index in [0.717, 1.165) is 12.0 Å². The zero-order valence-electron chi connectivity index (χ0n) is 8.46. The van der Waals surface area contributed by atoms with Crippen LogP contribution in [0.5, 0.6) is 5.75 Å². The molecule has 0 aromatic heterocycles. The number of rotatable bonds is 2. The molecule has 1 heteroatoms. The molecule has 1 aromatic carbocycles. The lowest BCUT2D eigenvalue weighted by molar-refractivity contribution is 0.473. The van der Waals surface area contributed by atoms with Crippen LogP contribution < -0.4 is 0 Å². The molecule has 0 saturated heterocycles. The third-order valence-corrected chi connectivity index (χ3v) is 2.48. The third kappa shape index (κ3) is 2.11. The van der Waals surface area contributed by atoms with E-state index in [-0.39, 0.29) is 0 Å². The van der Waals surface area contributed by atoms with Crippen LogP contribution >= 0.6 is 0 Å². The summed E-state index contributed by atoms with van der Waals surface area (Å²) in [6.07, 6.45) is 1.03. The Morgan fingerprint density at radius 1 is 1.23 bits per heavy atom. The molecular weight excluding hydrogens is 160 g/mol. The first-order valence-corrected chi connectivity index (χ1v) is 4.61. The van der Waals surface area contributed by atoms with E-state index in [1.54, 1.807) is 6.07 Å². The van der Waals surface area contributed by atoms with Crippen LogP contribution in [0.3, 0.4) is 0 Å². The maximum absolute atomic E-state index is 9.59. The average molecular weight is 176 g/mol. The highest BCUT2D eigenvalue weighted by atomic mass is 16.3. The fourth-order valence-electron chi connectivity index (χ4n) is 1.29. The Morgan fingerprint density at radius 2 is 1.85 bits per heavy atom. The van der Waals surface area contributed by atoms with E-state index in [1.165, 1.54) is 11.1 Å². The Hall–Kier alpha value is -1.24. The summed E-state index contributed by atoms with van der Waals surface area (Å²) in [5.74, 6) is 0.368. The van der Waals surface area contributed by atoms with Gasteiger partial charge in [0.05, 0.1) is 0 Å². The van der Waals surface area contributed by atoms with Gasteiger partial charge in [0.15, 0.2) is 0 Å². The van der Waals surface area contributed by atoms with Gasteiger partial charge in [-0.2, -0.15) is 0 Å². The van der Waals surface area contributed by atoms with E-state index < -0.39 is 0 Å². The van der Waals surface area contributed by atoms with Crippen LogP contribution in [0.1, 0.15) is 32.8 Å². The third-order valence-electron chi connectivity index (χ3n) is 2.48. The smallest absolute Gasteiger partial charge is 0.123 e. The van der Waals surface area contributed by atoms with Crippen molar-refractivity contribution in [2.45, 2.75) is 27.2 Å². The largest absolute Gasteiger partial charge is 0.507 e. The first-order valence-electron chi connectivity index (χ1n) is 4.61. The van der Waals surface area contributed by atoms with Crippen molar-refractivity contribution >= 4 is 5.57 Å². The molecule has 0 aliphatic rings. The van der Waals surface area contributed by atoms with Crippen LogP contribution in [0.4, 0.5) is 0 Å². The highest BCUT2D eigenvalue weighted by molar-refractivity contribution is 5.70. The predicted octanol–water partition coefficient (Wildman–Crippen LogP) is 3.60. The van der Waals surface area contributed by atoms with Crippen LogP contribution in [0.15, 0.2) is 29.8 Å². The van der Waals surface area contributed by atoms with Gasteiger partial charge in [-0.1, -0.05) is 30.7 Å². The standard InChI is InChI=1S/C12H16O/c1-4-9(2)10(3)11-7-5-6-8-12(11)13/h5-8,13H,4H2,1-3H3/b10-9-. The van der Waals surface area contributed by atoms with Gasteiger partial charge in [0.2, 0.25) is 0 Å². The molecule has 70 valence electrons. The van der Waals surface area contributed by atoms with Crippen molar-refractivity contribution in [3.05, 3.63) is 35.4 Å². The SMILES string of the molecule is CC/C(C)=C(/C)c1ccccc1O. The molecule has 0 bridgehead atoms. The highest BCUT2D eigenvalue weighted by Crippen LogP contribution is 2.27. The number of hydrogen-bond acceptors (Lipinski definition) is 1. The number of allylic oxidation sites excluding steroid dienone is 2. The highest BCUT2D eigenvalue weighted by Gasteiger charge is 2.03. The summed E-state index contributed by atoms with van der Waals surface area (Å²) >= 11 is 0. The molecule has 0 fully saturated rings. The summed E-state index contributed by atoms with van der Waals surface area (Å²) in [7, 11) is 0. The minimum atomic E-state index is 0.368. The zero-order valence-corrected chi connectivity index (χ0v) is 8.46. The lowest BCUT2D eigenvalue weighted by atomic mass is 10.0. The molecule has 1 N–H and O–H groups in total. The molecule has 0 aliphatic heterocycles. The van der Waals surface area contributed by atoms with Gasteiger partial charge in [0, 0.05) is 5.56 Å². The van der Waals surface area contributed by atoms with Crippen LogP contribution in [-0.4, -0.2) is 5.11 Å². The van der Waals surface area contributed by atoms with E-state index in [2.05, 4.69) is 13.8 Å². The molecule has 13 heavy (non-hydrogen) atoms. The topological polar surface area (TPSA) is 20.2 Å². The average Bonchev–Trinajstić information content (AvgIpc) is 2.16. The number of benzene rings is 1. The lowest BCUT2D eigenvalue weighted by Gasteiger charge is -2.07. The second-order valence-electron chi connectivity index (χ2n) is 3.28. The number of phenolic OH excluding ortho intramolecular Hbond substituents is 1. The Morgan fingerprint density at radius 3 is 2.38 bits per heavy atom. The number of phenols is 1. The van der Waals surface area contributed by atoms with Gasteiger partial charge < -0.3 is 5.11 Å². The minimum absolute atomic E-state index is 0.368. The Labute approximate surface area is 79.7 Å². The molecule has 1 nitrogen and oxygen atoms in total. The van der Waals surface area contributed by atoms with E-state index in [4.69, 9.17) is 0 Å². The van der Waals surface area contributed by atoms with Crippen molar-refractivity contribution in [1.29, 1.82) is 0 Å². The fourth-order valence-corrected chi connectivity index (χ4v) is 1.29. The normalized spacial score (nSPS) is 12.5. The van der Waals surface area contributed by atoms with Gasteiger partial charge in [-0.25, -0.2) is 0 Å². The molecule has 0 atom stereocenters. The Balaban J connectivity index is 3.16. The molecule has 1 aromatic rings. The first kappa shape index (κ1) is 9.85. The summed E-state index contributed by atoms with van der Waals surface area (Å²) in [4.78, 5) is 0. The van der Waals surface area contributed by atoms with E-state index in [0.29, 0.717) is 5.75 Å². The summed E-state index contributed by atoms with van der Waals surface area (Å²) in [5.41, 5.74) is 3.45. The maximum Gasteiger partial charge on any atom is 0.123 e. The molecule has 0 radical (unpaired) electrons. The molecule has 0 spiro atoms. The first-order chi connectivity index (χ1) is 6.16. The maximum atomic E-state index is 9.59. The van der Waals surface area contributed by atoms with Crippen LogP contribution in [0, 0.1) is 0 Å². The molecule has 0 unspecified atom stereocenters. The number of aromatic hydroxyl groups is 1. The van der Waals surface area contributed by atoms with Gasteiger partial charge in [0.25, 0.3) is 0 Å². The van der Waals surface area contributed by atoms with E-state index in [1.807, 2.05) is 25.1 Å². The van der Waals surface area contributed by atoms with Crippen molar-refractivity contribution in [2.75, 3.05) is 0 Å². The van der Waals surface area contributed by atoms with Gasteiger partial charge in [0.1, 0.15) is 5.75 Å². The van der Waals surface area contributed by atoms with Crippen LogP contribution in [-0.2, 0) is 0 Å². The second-order valence-corrected chi connectivity index (χ2v) is 3.28. The molecule has 0 amide bonds. The summed E-state index contributed by atoms with van der Waals surface area (Å²) in [6.45, 7) is 6.27. The van der Waals surface area contributed by atoms with Crippen molar-refractivity contribution in [3.63, 3.8) is 0 Å². The molecule has 1 rings (SSSR count). The van der Waals surface area contributed by atoms with Crippen LogP contribution in [0.25, 0.3) is 5.57 Å². The van der Waals surface area contributed by atoms with E-state index in [9.17, 15) is 5.11 Å². The van der Waals surface area contributed by atoms with Crippen molar-refractivity contribution in [2.24, 2.45) is 0 Å². The van der Waals surface area contributed by atoms with Crippen molar-refractivity contribution in [1.82, 2.24) is 0 Å². The summed E-state index contributed by atoms with van der Waals surface area (Å²) < 4.78 is 0. The lowest BCUT2D eigenvalue weighted by Crippen LogP contribution is -1.84. The van der Waals surface area contributed by atoms with E-state index >= 15 is 0 Å². The Kier molecular flexibility index (Phi) is 3.13. The fraction of sp³-hybridized carbons (Fsp3) is 0.333. The number of para-hydroxylation sites is 1. The zero-order chi connectivity index (χ0) is 9.84. The quantitative estimate of drug-likeness (QED) is 0.730. The summed E-state index contributed by atoms with van der Waals surface area (Å²) in [6, 6.07) is 7.46. The number of hydrogen-bond donors (Lipinski definition) is 1. The van der Waals surface area contributed by atoms with Crippen molar-refractivity contribution < 1.29 is 5.11 Å². The van der Waals surface area contributed by atoms with Crippen LogP contribution in [0.2, 0.25) is 0 Å². The summed E-state index contributed by atoms with van der Waals surface area (Å²) in [5, 5.41) is 9.59. The second kappa shape index (κ2) is 4.13. The predicted molar refractivity (Wildman–Crippen MR) is 56.7 cm³/mol.